The molecule has 0 fully saturated rings. The molecule has 0 rings (SSSR count). The standard InChI is InChI=1S/C10H24O3S3Si/c1-14(2,11)8-17(7,9-15(3,4)12)10-16(5,6)13/h8-10H,1-7H3. The van der Waals surface area contributed by atoms with Crippen molar-refractivity contribution in [2.45, 2.75) is 6.55 Å². The maximum absolute atomic E-state index is 11.9. The molecule has 17 heavy (non-hydrogen) atoms. The third kappa shape index (κ3) is 9.93. The monoisotopic (exact) mass is 316 g/mol. The number of hydrogen-bond donors (Lipinski definition) is 0. The lowest BCUT2D eigenvalue weighted by molar-refractivity contribution is 0.687. The van der Waals surface area contributed by atoms with Gasteiger partial charge >= 0.3 is 0 Å². The third-order valence-corrected chi connectivity index (χ3v) is 14.5. The van der Waals surface area contributed by atoms with Crippen molar-refractivity contribution in [1.29, 1.82) is 0 Å². The smallest absolute Gasteiger partial charge is 0.148 e. The minimum Gasteiger partial charge on any atom is -0.269 e. The molecule has 3 nitrogen and oxygen atoms in total. The second kappa shape index (κ2) is 5.11. The van der Waals surface area contributed by atoms with Crippen molar-refractivity contribution in [3.63, 3.8) is 0 Å². The Bertz CT molecular complexity index is 523. The van der Waals surface area contributed by atoms with Crippen LogP contribution in [0.3, 0.4) is 0 Å². The Hall–Kier alpha value is 0.277. The molecule has 0 bridgehead atoms. The van der Waals surface area contributed by atoms with E-state index in [-0.39, 0.29) is 0 Å². The summed E-state index contributed by atoms with van der Waals surface area (Å²) in [4.78, 5) is 5.33. The largest absolute Gasteiger partial charge is 0.269 e. The van der Waals surface area contributed by atoms with Crippen LogP contribution in [-0.4, -0.2) is 73.2 Å². The Balaban J connectivity index is 6.23. The first kappa shape index (κ1) is 17.3. The van der Waals surface area contributed by atoms with Crippen LogP contribution >= 0.6 is 0 Å². The van der Waals surface area contributed by atoms with Crippen molar-refractivity contribution < 1.29 is 12.6 Å². The zero-order chi connectivity index (χ0) is 14.1. The minimum absolute atomic E-state index is 1.65. The molecule has 0 saturated heterocycles. The van der Waals surface area contributed by atoms with Gasteiger partial charge in [0.25, 0.3) is 0 Å². The molecule has 0 radical (unpaired) electrons. The zero-order valence-corrected chi connectivity index (χ0v) is 15.1. The van der Waals surface area contributed by atoms with Gasteiger partial charge in [-0.2, -0.15) is 0 Å². The van der Waals surface area contributed by atoms with Gasteiger partial charge in [-0.05, 0) is 43.5 Å². The highest BCUT2D eigenvalue weighted by molar-refractivity contribution is 8.11. The molecular weight excluding hydrogens is 292 g/mol. The molecule has 0 aliphatic rings. The molecule has 7 heteroatoms. The van der Waals surface area contributed by atoms with Gasteiger partial charge in [0.2, 0.25) is 0 Å². The molecule has 0 aliphatic carbocycles. The lowest BCUT2D eigenvalue weighted by Gasteiger charge is -2.17. The van der Waals surface area contributed by atoms with E-state index in [1.807, 2.05) is 6.55 Å². The fourth-order valence-electron chi connectivity index (χ4n) is 1.92. The molecule has 0 atom stereocenters. The Morgan fingerprint density at radius 3 is 0.941 bits per heavy atom. The van der Waals surface area contributed by atoms with Crippen LogP contribution in [0.15, 0.2) is 0 Å². The summed E-state index contributed by atoms with van der Waals surface area (Å²) in [6.07, 6.45) is 9.92. The van der Waals surface area contributed by atoms with Gasteiger partial charge in [0.1, 0.15) is 8.07 Å². The van der Waals surface area contributed by atoms with E-state index in [1.54, 1.807) is 52.5 Å². The average molecular weight is 317 g/mol. The molecule has 0 N–H and O–H groups in total. The van der Waals surface area contributed by atoms with Crippen molar-refractivity contribution in [3.8, 4) is 0 Å². The van der Waals surface area contributed by atoms with Crippen LogP contribution in [0.4, 0.5) is 0 Å². The summed E-state index contributed by atoms with van der Waals surface area (Å²) in [6.45, 7) is 1.93. The molecule has 0 amide bonds. The SMILES string of the molecule is C[Si](C=S(C)(C)=O)(C=S(C)(C)=O)C=S(C)(C)=O. The van der Waals surface area contributed by atoms with Gasteiger partial charge in [0, 0.05) is 37.5 Å². The van der Waals surface area contributed by atoms with Crippen molar-refractivity contribution in [1.82, 2.24) is 0 Å². The molecule has 0 spiro atoms. The van der Waals surface area contributed by atoms with Crippen molar-refractivity contribution in [2.24, 2.45) is 0 Å². The van der Waals surface area contributed by atoms with Crippen LogP contribution in [0.2, 0.25) is 6.55 Å². The van der Waals surface area contributed by atoms with Gasteiger partial charge in [0.15, 0.2) is 0 Å². The number of hydrogen-bond acceptors (Lipinski definition) is 3. The first-order chi connectivity index (χ1) is 7.12. The van der Waals surface area contributed by atoms with Gasteiger partial charge < -0.3 is 0 Å². The van der Waals surface area contributed by atoms with Crippen LogP contribution < -0.4 is 0 Å². The molecule has 0 aromatic rings. The van der Waals surface area contributed by atoms with Gasteiger partial charge in [0.05, 0.1) is 0 Å². The Morgan fingerprint density at radius 2 is 0.824 bits per heavy atom. The van der Waals surface area contributed by atoms with Crippen molar-refractivity contribution >= 4 is 51.6 Å². The Morgan fingerprint density at radius 1 is 0.647 bits per heavy atom. The van der Waals surface area contributed by atoms with Crippen LogP contribution in [0.1, 0.15) is 0 Å². The average Bonchev–Trinajstić information content (AvgIpc) is 1.65. The van der Waals surface area contributed by atoms with Crippen molar-refractivity contribution in [2.75, 3.05) is 37.5 Å². The predicted molar refractivity (Wildman–Crippen MR) is 89.8 cm³/mol. The molecule has 104 valence electrons. The van der Waals surface area contributed by atoms with E-state index >= 15 is 0 Å². The first-order valence-electron chi connectivity index (χ1n) is 5.02. The summed E-state index contributed by atoms with van der Waals surface area (Å²) < 4.78 is 35.8. The minimum atomic E-state index is -2.36. The summed E-state index contributed by atoms with van der Waals surface area (Å²) in [5.74, 6) is 0. The van der Waals surface area contributed by atoms with Gasteiger partial charge in [-0.3, -0.25) is 12.6 Å². The molecule has 0 aromatic heterocycles. The second-order valence-corrected chi connectivity index (χ2v) is 19.1. The fraction of sp³-hybridized carbons (Fsp3) is 0.700. The van der Waals surface area contributed by atoms with E-state index in [0.29, 0.717) is 0 Å². The van der Waals surface area contributed by atoms with E-state index < -0.39 is 36.6 Å². The van der Waals surface area contributed by atoms with E-state index in [9.17, 15) is 12.6 Å². The molecular formula is C10H24O3S3Si. The van der Waals surface area contributed by atoms with E-state index in [1.165, 1.54) is 0 Å². The highest BCUT2D eigenvalue weighted by Crippen LogP contribution is 1.99. The highest BCUT2D eigenvalue weighted by atomic mass is 32.2. The van der Waals surface area contributed by atoms with Gasteiger partial charge in [-0.15, -0.1) is 0 Å². The highest BCUT2D eigenvalue weighted by Gasteiger charge is 2.23. The molecule has 0 aliphatic heterocycles. The van der Waals surface area contributed by atoms with E-state index in [4.69, 9.17) is 0 Å². The number of rotatable bonds is 3. The summed E-state index contributed by atoms with van der Waals surface area (Å²) >= 11 is 0. The van der Waals surface area contributed by atoms with Crippen LogP contribution in [0.25, 0.3) is 0 Å². The molecule has 0 saturated carbocycles. The summed E-state index contributed by atoms with van der Waals surface area (Å²) in [5.41, 5.74) is 0. The zero-order valence-electron chi connectivity index (χ0n) is 11.7. The van der Waals surface area contributed by atoms with E-state index in [2.05, 4.69) is 0 Å². The topological polar surface area (TPSA) is 51.2 Å². The lowest BCUT2D eigenvalue weighted by atomic mass is 11.7. The fourth-order valence-corrected chi connectivity index (χ4v) is 18.8. The molecule has 0 unspecified atom stereocenters. The van der Waals surface area contributed by atoms with Crippen LogP contribution in [0.5, 0.6) is 0 Å². The van der Waals surface area contributed by atoms with Crippen LogP contribution in [-0.2, 0) is 28.6 Å². The van der Waals surface area contributed by atoms with Crippen molar-refractivity contribution in [3.05, 3.63) is 0 Å². The maximum Gasteiger partial charge on any atom is 0.148 e. The Labute approximate surface area is 108 Å². The normalized spacial score (nSPS) is 14.3. The third-order valence-electron chi connectivity index (χ3n) is 1.61. The first-order valence-corrected chi connectivity index (χ1v) is 15.1. The molecule has 0 heterocycles. The van der Waals surface area contributed by atoms with E-state index in [0.717, 1.165) is 0 Å². The van der Waals surface area contributed by atoms with Gasteiger partial charge in [-0.1, -0.05) is 6.55 Å². The Kier molecular flexibility index (Phi) is 5.19. The lowest BCUT2D eigenvalue weighted by Crippen LogP contribution is -2.44. The van der Waals surface area contributed by atoms with Gasteiger partial charge in [-0.25, -0.2) is 0 Å². The van der Waals surface area contributed by atoms with Crippen LogP contribution in [0, 0.1) is 0 Å². The summed E-state index contributed by atoms with van der Waals surface area (Å²) in [6, 6.07) is 0. The summed E-state index contributed by atoms with van der Waals surface area (Å²) in [5, 5.41) is 0. The second-order valence-electron chi connectivity index (χ2n) is 5.65. The predicted octanol–water partition coefficient (Wildman–Crippen LogP) is -0.279. The summed E-state index contributed by atoms with van der Waals surface area (Å²) in [7, 11) is -8.52. The quantitative estimate of drug-likeness (QED) is 0.532. The molecule has 0 aromatic carbocycles. The maximum atomic E-state index is 11.9.